The number of hydrogen-bond acceptors (Lipinski definition) is 2. The Balaban J connectivity index is 2.49. The molecule has 0 saturated heterocycles. The molecule has 1 aliphatic carbocycles. The summed E-state index contributed by atoms with van der Waals surface area (Å²) < 4.78 is 0. The lowest BCUT2D eigenvalue weighted by Gasteiger charge is -2.04. The van der Waals surface area contributed by atoms with Crippen LogP contribution in [0, 0.1) is 0 Å². The Labute approximate surface area is 53.1 Å². The molecule has 1 saturated carbocycles. The van der Waals surface area contributed by atoms with Gasteiger partial charge in [-0.3, -0.25) is 0 Å². The molecule has 2 atom stereocenters. The van der Waals surface area contributed by atoms with E-state index in [1.165, 1.54) is 0 Å². The van der Waals surface area contributed by atoms with E-state index in [1.54, 1.807) is 0 Å². The first kappa shape index (κ1) is 6.39. The summed E-state index contributed by atoms with van der Waals surface area (Å²) >= 11 is 0. The molecule has 0 aromatic carbocycles. The van der Waals surface area contributed by atoms with Crippen LogP contribution in [0.25, 0.3) is 10.4 Å². The molecule has 0 spiro atoms. The van der Waals surface area contributed by atoms with Gasteiger partial charge < -0.3 is 5.11 Å². The number of aliphatic hydroxyl groups excluding tert-OH is 1. The highest BCUT2D eigenvalue weighted by Gasteiger charge is 2.23. The van der Waals surface area contributed by atoms with Gasteiger partial charge in [-0.15, -0.1) is 0 Å². The zero-order valence-corrected chi connectivity index (χ0v) is 5.06. The average Bonchev–Trinajstić information content (AvgIpc) is 2.18. The minimum Gasteiger partial charge on any atom is -0.393 e. The minimum atomic E-state index is -0.388. The number of azide groups is 1. The van der Waals surface area contributed by atoms with Crippen molar-refractivity contribution in [2.45, 2.75) is 31.4 Å². The largest absolute Gasteiger partial charge is 0.393 e. The van der Waals surface area contributed by atoms with Gasteiger partial charge in [-0.1, -0.05) is 11.5 Å². The molecule has 0 amide bonds. The van der Waals surface area contributed by atoms with Gasteiger partial charge in [0.2, 0.25) is 0 Å². The molecule has 50 valence electrons. The van der Waals surface area contributed by atoms with Crippen LogP contribution in [0.15, 0.2) is 5.11 Å². The molecule has 0 aliphatic heterocycles. The first-order chi connectivity index (χ1) is 4.34. The monoisotopic (exact) mass is 127 g/mol. The van der Waals surface area contributed by atoms with Gasteiger partial charge in [-0.2, -0.15) is 0 Å². The summed E-state index contributed by atoms with van der Waals surface area (Å²) in [5.74, 6) is 0. The summed E-state index contributed by atoms with van der Waals surface area (Å²) in [5, 5.41) is 12.5. The Morgan fingerprint density at radius 3 is 2.78 bits per heavy atom. The molecule has 0 heterocycles. The van der Waals surface area contributed by atoms with Crippen molar-refractivity contribution in [2.24, 2.45) is 5.11 Å². The molecule has 0 aromatic rings. The molecule has 0 radical (unpaired) electrons. The second-order valence-electron chi connectivity index (χ2n) is 2.27. The third-order valence-electron chi connectivity index (χ3n) is 1.64. The fourth-order valence-corrected chi connectivity index (χ4v) is 1.12. The van der Waals surface area contributed by atoms with Crippen molar-refractivity contribution in [2.75, 3.05) is 0 Å². The van der Waals surface area contributed by atoms with Crippen LogP contribution in [0.5, 0.6) is 0 Å². The molecule has 1 aliphatic rings. The maximum absolute atomic E-state index is 9.06. The van der Waals surface area contributed by atoms with Crippen LogP contribution < -0.4 is 0 Å². The third-order valence-corrected chi connectivity index (χ3v) is 1.64. The summed E-state index contributed by atoms with van der Waals surface area (Å²) in [6.45, 7) is 0. The predicted octanol–water partition coefficient (Wildman–Crippen LogP) is 1.21. The average molecular weight is 127 g/mol. The second-order valence-corrected chi connectivity index (χ2v) is 2.27. The van der Waals surface area contributed by atoms with Crippen LogP contribution in [-0.2, 0) is 0 Å². The fourth-order valence-electron chi connectivity index (χ4n) is 1.12. The lowest BCUT2D eigenvalue weighted by molar-refractivity contribution is 0.165. The first-order valence-electron chi connectivity index (χ1n) is 3.07. The lowest BCUT2D eigenvalue weighted by Crippen LogP contribution is -2.15. The predicted molar refractivity (Wildman–Crippen MR) is 32.8 cm³/mol. The molecule has 4 heteroatoms. The Kier molecular flexibility index (Phi) is 1.92. The summed E-state index contributed by atoms with van der Waals surface area (Å²) in [6.07, 6.45) is 2.21. The van der Waals surface area contributed by atoms with Gasteiger partial charge in [0.25, 0.3) is 0 Å². The number of hydrogen-bond donors (Lipinski definition) is 1. The molecule has 1 rings (SSSR count). The molecule has 0 bridgehead atoms. The van der Waals surface area contributed by atoms with Crippen molar-refractivity contribution in [3.05, 3.63) is 10.4 Å². The van der Waals surface area contributed by atoms with Crippen LogP contribution in [0.4, 0.5) is 0 Å². The molecule has 2 unspecified atom stereocenters. The number of aliphatic hydroxyl groups is 1. The first-order valence-corrected chi connectivity index (χ1v) is 3.07. The van der Waals surface area contributed by atoms with E-state index >= 15 is 0 Å². The zero-order chi connectivity index (χ0) is 6.69. The van der Waals surface area contributed by atoms with E-state index in [1.807, 2.05) is 0 Å². The summed E-state index contributed by atoms with van der Waals surface area (Å²) in [5.41, 5.74) is 7.99. The molecule has 0 aromatic heterocycles. The number of nitrogens with zero attached hydrogens (tertiary/aromatic N) is 3. The quantitative estimate of drug-likeness (QED) is 0.321. The third kappa shape index (κ3) is 1.34. The Bertz CT molecular complexity index is 141. The van der Waals surface area contributed by atoms with Gasteiger partial charge in [-0.25, -0.2) is 0 Å². The van der Waals surface area contributed by atoms with Gasteiger partial charge in [-0.05, 0) is 18.4 Å². The van der Waals surface area contributed by atoms with E-state index < -0.39 is 0 Å². The van der Waals surface area contributed by atoms with E-state index in [9.17, 15) is 0 Å². The Morgan fingerprint density at radius 1 is 1.56 bits per heavy atom. The second kappa shape index (κ2) is 2.71. The fraction of sp³-hybridized carbons (Fsp3) is 1.00. The molecule has 9 heavy (non-hydrogen) atoms. The van der Waals surface area contributed by atoms with E-state index in [4.69, 9.17) is 10.6 Å². The van der Waals surface area contributed by atoms with Gasteiger partial charge in [0.1, 0.15) is 0 Å². The van der Waals surface area contributed by atoms with E-state index in [-0.39, 0.29) is 12.1 Å². The van der Waals surface area contributed by atoms with Crippen LogP contribution in [0.2, 0.25) is 0 Å². The molecular weight excluding hydrogens is 118 g/mol. The van der Waals surface area contributed by atoms with Crippen LogP contribution >= 0.6 is 0 Å². The van der Waals surface area contributed by atoms with Crippen molar-refractivity contribution in [1.82, 2.24) is 0 Å². The van der Waals surface area contributed by atoms with E-state index in [0.717, 1.165) is 19.3 Å². The zero-order valence-electron chi connectivity index (χ0n) is 5.06. The van der Waals surface area contributed by atoms with Gasteiger partial charge in [0.05, 0.1) is 12.1 Å². The maximum atomic E-state index is 9.06. The SMILES string of the molecule is [N-]=[N+]=NC1CCCC1O. The Morgan fingerprint density at radius 2 is 2.33 bits per heavy atom. The summed E-state index contributed by atoms with van der Waals surface area (Å²) in [4.78, 5) is 2.63. The normalized spacial score (nSPS) is 33.9. The lowest BCUT2D eigenvalue weighted by atomic mass is 10.2. The van der Waals surface area contributed by atoms with Crippen molar-refractivity contribution >= 4 is 0 Å². The maximum Gasteiger partial charge on any atom is 0.0633 e. The van der Waals surface area contributed by atoms with Crippen molar-refractivity contribution in [3.8, 4) is 0 Å². The minimum absolute atomic E-state index is 0.157. The van der Waals surface area contributed by atoms with Gasteiger partial charge in [0, 0.05) is 4.91 Å². The molecule has 1 fully saturated rings. The highest BCUT2D eigenvalue weighted by Crippen LogP contribution is 2.21. The molecule has 4 nitrogen and oxygen atoms in total. The number of rotatable bonds is 1. The van der Waals surface area contributed by atoms with Crippen molar-refractivity contribution in [3.63, 3.8) is 0 Å². The summed E-state index contributed by atoms with van der Waals surface area (Å²) in [7, 11) is 0. The van der Waals surface area contributed by atoms with Crippen LogP contribution in [0.3, 0.4) is 0 Å². The topological polar surface area (TPSA) is 69.0 Å². The summed E-state index contributed by atoms with van der Waals surface area (Å²) in [6, 6.07) is -0.157. The van der Waals surface area contributed by atoms with Crippen molar-refractivity contribution in [1.29, 1.82) is 0 Å². The van der Waals surface area contributed by atoms with Gasteiger partial charge >= 0.3 is 0 Å². The van der Waals surface area contributed by atoms with Crippen molar-refractivity contribution < 1.29 is 5.11 Å². The highest BCUT2D eigenvalue weighted by molar-refractivity contribution is 4.82. The highest BCUT2D eigenvalue weighted by atomic mass is 16.3. The van der Waals surface area contributed by atoms with E-state index in [2.05, 4.69) is 10.0 Å². The molecular formula is C5H9N3O. The van der Waals surface area contributed by atoms with Gasteiger partial charge in [0.15, 0.2) is 0 Å². The smallest absolute Gasteiger partial charge is 0.0633 e. The van der Waals surface area contributed by atoms with E-state index in [0.29, 0.717) is 0 Å². The molecule has 1 N–H and O–H groups in total. The Hall–Kier alpha value is -0.730. The standard InChI is InChI=1S/C5H9N3O/c6-8-7-4-2-1-3-5(4)9/h4-5,9H,1-3H2. The van der Waals surface area contributed by atoms with Crippen LogP contribution in [-0.4, -0.2) is 17.3 Å². The van der Waals surface area contributed by atoms with Crippen LogP contribution in [0.1, 0.15) is 19.3 Å².